The highest BCUT2D eigenvalue weighted by molar-refractivity contribution is 7.89. The van der Waals surface area contributed by atoms with Gasteiger partial charge in [-0.3, -0.25) is 0 Å². The van der Waals surface area contributed by atoms with Crippen LogP contribution in [-0.4, -0.2) is 25.8 Å². The molecular formula is C14H21ClN2O2S. The van der Waals surface area contributed by atoms with E-state index in [2.05, 4.69) is 0 Å². The highest BCUT2D eigenvalue weighted by Gasteiger charge is 2.29. The number of benzene rings is 1. The largest absolute Gasteiger partial charge is 0.326 e. The quantitative estimate of drug-likeness (QED) is 0.877. The molecule has 1 aromatic carbocycles. The highest BCUT2D eigenvalue weighted by atomic mass is 35.5. The Labute approximate surface area is 126 Å². The molecule has 1 aliphatic carbocycles. The van der Waals surface area contributed by atoms with Gasteiger partial charge in [0.15, 0.2) is 0 Å². The van der Waals surface area contributed by atoms with E-state index in [4.69, 9.17) is 17.3 Å². The number of hydrogen-bond acceptors (Lipinski definition) is 3. The van der Waals surface area contributed by atoms with Crippen molar-refractivity contribution in [3.05, 3.63) is 28.8 Å². The summed E-state index contributed by atoms with van der Waals surface area (Å²) in [5, 5.41) is 0.250. The van der Waals surface area contributed by atoms with Crippen molar-refractivity contribution in [3.8, 4) is 0 Å². The number of hydrogen-bond donors (Lipinski definition) is 1. The molecule has 0 spiro atoms. The minimum atomic E-state index is -3.52. The molecule has 4 nitrogen and oxygen atoms in total. The van der Waals surface area contributed by atoms with E-state index in [1.165, 1.54) is 10.7 Å². The molecule has 1 saturated carbocycles. The van der Waals surface area contributed by atoms with E-state index in [0.717, 1.165) is 18.4 Å². The zero-order valence-electron chi connectivity index (χ0n) is 11.7. The molecule has 2 rings (SSSR count). The van der Waals surface area contributed by atoms with Crippen molar-refractivity contribution >= 4 is 21.6 Å². The highest BCUT2D eigenvalue weighted by Crippen LogP contribution is 2.31. The first-order chi connectivity index (χ1) is 9.48. The molecule has 1 fully saturated rings. The molecule has 0 aliphatic heterocycles. The third-order valence-corrected chi connectivity index (χ3v) is 6.31. The van der Waals surface area contributed by atoms with Crippen LogP contribution in [0, 0.1) is 5.92 Å². The summed E-state index contributed by atoms with van der Waals surface area (Å²) in [4.78, 5) is 0.178. The van der Waals surface area contributed by atoms with Crippen molar-refractivity contribution in [2.24, 2.45) is 11.7 Å². The number of halogens is 1. The molecular weight excluding hydrogens is 296 g/mol. The fourth-order valence-corrected chi connectivity index (χ4v) is 4.45. The van der Waals surface area contributed by atoms with Gasteiger partial charge in [-0.15, -0.1) is 0 Å². The maximum absolute atomic E-state index is 12.7. The molecule has 0 saturated heterocycles. The van der Waals surface area contributed by atoms with Gasteiger partial charge in [-0.25, -0.2) is 8.42 Å². The van der Waals surface area contributed by atoms with Crippen molar-refractivity contribution in [1.82, 2.24) is 4.31 Å². The van der Waals surface area contributed by atoms with Crippen LogP contribution in [0.25, 0.3) is 0 Å². The summed E-state index contributed by atoms with van der Waals surface area (Å²) < 4.78 is 26.9. The lowest BCUT2D eigenvalue weighted by atomic mass is 9.85. The Morgan fingerprint density at radius 1 is 1.40 bits per heavy atom. The third-order valence-electron chi connectivity index (χ3n) is 3.89. The monoisotopic (exact) mass is 316 g/mol. The van der Waals surface area contributed by atoms with E-state index < -0.39 is 10.0 Å². The average molecular weight is 317 g/mol. The maximum Gasteiger partial charge on any atom is 0.244 e. The molecule has 0 unspecified atom stereocenters. The van der Waals surface area contributed by atoms with Gasteiger partial charge in [0.1, 0.15) is 4.90 Å². The fourth-order valence-electron chi connectivity index (χ4n) is 2.38. The normalized spacial score (nSPS) is 16.4. The molecule has 0 amide bonds. The molecule has 1 aromatic rings. The van der Waals surface area contributed by atoms with Crippen molar-refractivity contribution < 1.29 is 8.42 Å². The molecule has 0 atom stereocenters. The van der Waals surface area contributed by atoms with Gasteiger partial charge in [0.25, 0.3) is 0 Å². The average Bonchev–Trinajstić information content (AvgIpc) is 2.36. The Kier molecular flexibility index (Phi) is 5.07. The van der Waals surface area contributed by atoms with E-state index in [0.29, 0.717) is 25.6 Å². The van der Waals surface area contributed by atoms with Gasteiger partial charge >= 0.3 is 0 Å². The van der Waals surface area contributed by atoms with Crippen molar-refractivity contribution in [1.29, 1.82) is 0 Å². The van der Waals surface area contributed by atoms with E-state index in [-0.39, 0.29) is 9.92 Å². The van der Waals surface area contributed by atoms with Gasteiger partial charge in [0.05, 0.1) is 5.02 Å². The topological polar surface area (TPSA) is 63.4 Å². The minimum absolute atomic E-state index is 0.178. The van der Waals surface area contributed by atoms with Crippen molar-refractivity contribution in [3.63, 3.8) is 0 Å². The van der Waals surface area contributed by atoms with E-state index in [1.807, 2.05) is 6.92 Å². The number of sulfonamides is 1. The fraction of sp³-hybridized carbons (Fsp3) is 0.571. The lowest BCUT2D eigenvalue weighted by Crippen LogP contribution is -2.37. The van der Waals surface area contributed by atoms with Crippen LogP contribution in [0.4, 0.5) is 0 Å². The van der Waals surface area contributed by atoms with Crippen LogP contribution in [0.3, 0.4) is 0 Å². The van der Waals surface area contributed by atoms with E-state index >= 15 is 0 Å². The predicted octanol–water partition coefficient (Wildman–Crippen LogP) is 2.61. The first kappa shape index (κ1) is 15.8. The number of nitrogens with zero attached hydrogens (tertiary/aromatic N) is 1. The van der Waals surface area contributed by atoms with Crippen molar-refractivity contribution in [2.45, 2.75) is 37.6 Å². The second-order valence-corrected chi connectivity index (χ2v) is 7.54. The second-order valence-electron chi connectivity index (χ2n) is 5.22. The van der Waals surface area contributed by atoms with Crippen LogP contribution in [-0.2, 0) is 16.6 Å². The summed E-state index contributed by atoms with van der Waals surface area (Å²) in [5.74, 6) is 0.492. The first-order valence-electron chi connectivity index (χ1n) is 6.97. The lowest BCUT2D eigenvalue weighted by molar-refractivity contribution is 0.250. The summed E-state index contributed by atoms with van der Waals surface area (Å²) >= 11 is 6.12. The molecule has 0 heterocycles. The summed E-state index contributed by atoms with van der Waals surface area (Å²) in [7, 11) is -3.52. The van der Waals surface area contributed by atoms with Crippen LogP contribution in [0.2, 0.25) is 5.02 Å². The molecule has 2 N–H and O–H groups in total. The molecule has 0 aromatic heterocycles. The Morgan fingerprint density at radius 2 is 2.10 bits per heavy atom. The smallest absolute Gasteiger partial charge is 0.244 e. The van der Waals surface area contributed by atoms with Crippen LogP contribution >= 0.6 is 11.6 Å². The van der Waals surface area contributed by atoms with Gasteiger partial charge < -0.3 is 5.73 Å². The SMILES string of the molecule is CCN(CC1CCC1)S(=O)(=O)c1ccc(CN)cc1Cl. The summed E-state index contributed by atoms with van der Waals surface area (Å²) in [6.07, 6.45) is 3.44. The third kappa shape index (κ3) is 3.17. The van der Waals surface area contributed by atoms with E-state index in [9.17, 15) is 8.42 Å². The number of nitrogens with two attached hydrogens (primary N) is 1. The predicted molar refractivity (Wildman–Crippen MR) is 81.1 cm³/mol. The van der Waals surface area contributed by atoms with Crippen LogP contribution in [0.1, 0.15) is 31.7 Å². The Bertz CT molecular complexity index is 571. The zero-order valence-corrected chi connectivity index (χ0v) is 13.3. The Morgan fingerprint density at radius 3 is 2.55 bits per heavy atom. The molecule has 0 radical (unpaired) electrons. The molecule has 6 heteroatoms. The van der Waals surface area contributed by atoms with Crippen LogP contribution in [0.15, 0.2) is 23.1 Å². The Hall–Kier alpha value is -0.620. The number of rotatable bonds is 6. The molecule has 20 heavy (non-hydrogen) atoms. The van der Waals surface area contributed by atoms with Gasteiger partial charge in [0.2, 0.25) is 10.0 Å². The standard InChI is InChI=1S/C14H21ClN2O2S/c1-2-17(10-11-4-3-5-11)20(18,19)14-7-6-12(9-16)8-13(14)15/h6-8,11H,2-5,9-10,16H2,1H3. The minimum Gasteiger partial charge on any atom is -0.326 e. The van der Waals surface area contributed by atoms with Gasteiger partial charge in [-0.2, -0.15) is 4.31 Å². The Balaban J connectivity index is 2.27. The molecule has 1 aliphatic rings. The first-order valence-corrected chi connectivity index (χ1v) is 8.79. The van der Waals surface area contributed by atoms with Gasteiger partial charge in [0, 0.05) is 19.6 Å². The van der Waals surface area contributed by atoms with Gasteiger partial charge in [-0.05, 0) is 36.5 Å². The van der Waals surface area contributed by atoms with Crippen molar-refractivity contribution in [2.75, 3.05) is 13.1 Å². The second kappa shape index (κ2) is 6.43. The van der Waals surface area contributed by atoms with E-state index in [1.54, 1.807) is 18.2 Å². The molecule has 112 valence electrons. The lowest BCUT2D eigenvalue weighted by Gasteiger charge is -2.31. The van der Waals surface area contributed by atoms with Crippen LogP contribution < -0.4 is 5.73 Å². The maximum atomic E-state index is 12.7. The zero-order chi connectivity index (χ0) is 14.8. The molecule has 0 bridgehead atoms. The summed E-state index contributed by atoms with van der Waals surface area (Å²) in [6.45, 7) is 3.26. The summed E-state index contributed by atoms with van der Waals surface area (Å²) in [6, 6.07) is 4.91. The summed E-state index contributed by atoms with van der Waals surface area (Å²) in [5.41, 5.74) is 6.37. The van der Waals surface area contributed by atoms with Crippen LogP contribution in [0.5, 0.6) is 0 Å². The van der Waals surface area contributed by atoms with Gasteiger partial charge in [-0.1, -0.05) is 31.0 Å².